The number of halogens is 1. The highest BCUT2D eigenvalue weighted by atomic mass is 79.9. The van der Waals surface area contributed by atoms with E-state index in [0.29, 0.717) is 11.4 Å². The number of hydrogen-bond donors (Lipinski definition) is 2. The lowest BCUT2D eigenvalue weighted by atomic mass is 10.00. The number of rotatable bonds is 2. The first kappa shape index (κ1) is 13.1. The monoisotopic (exact) mass is 306 g/mol. The summed E-state index contributed by atoms with van der Waals surface area (Å²) in [7, 11) is 0. The zero-order chi connectivity index (χ0) is 13.3. The molecule has 94 valence electrons. The van der Waals surface area contributed by atoms with Crippen molar-refractivity contribution in [1.29, 1.82) is 0 Å². The average Bonchev–Trinajstić information content (AvgIpc) is 2.35. The van der Waals surface area contributed by atoms with Crippen LogP contribution in [-0.4, -0.2) is 10.1 Å². The first-order valence-corrected chi connectivity index (χ1v) is 6.44. The van der Waals surface area contributed by atoms with E-state index in [2.05, 4.69) is 20.9 Å². The molecule has 0 spiro atoms. The number of aliphatic hydroxyl groups is 1. The smallest absolute Gasteiger partial charge is 0.129 e. The molecule has 0 aliphatic carbocycles. The fourth-order valence-corrected chi connectivity index (χ4v) is 2.18. The van der Waals surface area contributed by atoms with Crippen LogP contribution in [0.4, 0.5) is 5.82 Å². The summed E-state index contributed by atoms with van der Waals surface area (Å²) in [5.41, 5.74) is 9.36. The molecule has 0 bridgehead atoms. The van der Waals surface area contributed by atoms with Crippen molar-refractivity contribution in [2.45, 2.75) is 20.0 Å². The van der Waals surface area contributed by atoms with E-state index in [0.717, 1.165) is 21.2 Å². The minimum Gasteiger partial charge on any atom is -0.384 e. The molecule has 1 aromatic heterocycles. The highest BCUT2D eigenvalue weighted by Gasteiger charge is 2.15. The fraction of sp³-hybridized carbons (Fsp3) is 0.214. The molecule has 2 rings (SSSR count). The third-order valence-corrected chi connectivity index (χ3v) is 3.75. The maximum absolute atomic E-state index is 10.4. The van der Waals surface area contributed by atoms with Crippen LogP contribution in [-0.2, 0) is 0 Å². The van der Waals surface area contributed by atoms with Gasteiger partial charge in [0.25, 0.3) is 0 Å². The van der Waals surface area contributed by atoms with Crippen molar-refractivity contribution in [3.8, 4) is 0 Å². The number of benzene rings is 1. The van der Waals surface area contributed by atoms with E-state index < -0.39 is 6.10 Å². The van der Waals surface area contributed by atoms with Gasteiger partial charge in [-0.2, -0.15) is 0 Å². The lowest BCUT2D eigenvalue weighted by Gasteiger charge is -2.14. The van der Waals surface area contributed by atoms with Gasteiger partial charge in [-0.25, -0.2) is 4.98 Å². The fourth-order valence-electron chi connectivity index (χ4n) is 1.78. The Kier molecular flexibility index (Phi) is 3.68. The molecule has 0 saturated heterocycles. The van der Waals surface area contributed by atoms with Crippen molar-refractivity contribution in [2.75, 3.05) is 5.73 Å². The van der Waals surface area contributed by atoms with Crippen molar-refractivity contribution in [2.24, 2.45) is 0 Å². The molecule has 1 aromatic carbocycles. The predicted octanol–water partition coefficient (Wildman–Crippen LogP) is 3.12. The Morgan fingerprint density at radius 2 is 2.00 bits per heavy atom. The largest absolute Gasteiger partial charge is 0.384 e. The summed E-state index contributed by atoms with van der Waals surface area (Å²) in [6.45, 7) is 3.93. The number of nitrogens with zero attached hydrogens (tertiary/aromatic N) is 1. The van der Waals surface area contributed by atoms with Gasteiger partial charge in [-0.05, 0) is 42.7 Å². The SMILES string of the molecule is Cc1cnc(N)c(C(O)c2ccc(C)c(Br)c2)c1. The molecule has 0 fully saturated rings. The highest BCUT2D eigenvalue weighted by molar-refractivity contribution is 9.10. The Morgan fingerprint density at radius 3 is 2.67 bits per heavy atom. The summed E-state index contributed by atoms with van der Waals surface area (Å²) < 4.78 is 0.971. The topological polar surface area (TPSA) is 59.1 Å². The summed E-state index contributed by atoms with van der Waals surface area (Å²) in [6, 6.07) is 7.62. The summed E-state index contributed by atoms with van der Waals surface area (Å²) in [5, 5.41) is 10.4. The number of aromatic nitrogens is 1. The molecule has 0 aliphatic heterocycles. The van der Waals surface area contributed by atoms with Gasteiger partial charge >= 0.3 is 0 Å². The number of aryl methyl sites for hydroxylation is 2. The van der Waals surface area contributed by atoms with Crippen LogP contribution in [0.5, 0.6) is 0 Å². The molecule has 1 atom stereocenters. The number of nitrogens with two attached hydrogens (primary N) is 1. The zero-order valence-corrected chi connectivity index (χ0v) is 11.9. The van der Waals surface area contributed by atoms with Gasteiger partial charge in [0.05, 0.1) is 0 Å². The minimum absolute atomic E-state index is 0.366. The Bertz CT molecular complexity index is 584. The van der Waals surface area contributed by atoms with Crippen LogP contribution < -0.4 is 5.73 Å². The third-order valence-electron chi connectivity index (χ3n) is 2.89. The van der Waals surface area contributed by atoms with Gasteiger partial charge in [-0.15, -0.1) is 0 Å². The number of anilines is 1. The number of pyridine rings is 1. The lowest BCUT2D eigenvalue weighted by Crippen LogP contribution is -2.06. The second-order valence-corrected chi connectivity index (χ2v) is 5.25. The zero-order valence-electron chi connectivity index (χ0n) is 10.3. The molecule has 0 radical (unpaired) electrons. The van der Waals surface area contributed by atoms with Crippen molar-refractivity contribution < 1.29 is 5.11 Å². The quantitative estimate of drug-likeness (QED) is 0.896. The van der Waals surface area contributed by atoms with Crippen LogP contribution in [0.1, 0.15) is 28.4 Å². The van der Waals surface area contributed by atoms with Gasteiger partial charge in [0.2, 0.25) is 0 Å². The predicted molar refractivity (Wildman–Crippen MR) is 76.3 cm³/mol. The number of hydrogen-bond acceptors (Lipinski definition) is 3. The van der Waals surface area contributed by atoms with Gasteiger partial charge < -0.3 is 10.8 Å². The van der Waals surface area contributed by atoms with E-state index >= 15 is 0 Å². The van der Waals surface area contributed by atoms with Gasteiger partial charge in [0.1, 0.15) is 11.9 Å². The summed E-state index contributed by atoms with van der Waals surface area (Å²) in [6.07, 6.45) is 0.936. The molecular weight excluding hydrogens is 292 g/mol. The molecule has 0 aliphatic rings. The molecule has 3 N–H and O–H groups in total. The molecule has 18 heavy (non-hydrogen) atoms. The molecular formula is C14H15BrN2O. The standard InChI is InChI=1S/C14H15BrN2O/c1-8-5-11(14(16)17-7-8)13(18)10-4-3-9(2)12(15)6-10/h3-7,13,18H,1-2H3,(H2,16,17). The van der Waals surface area contributed by atoms with Gasteiger partial charge in [0.15, 0.2) is 0 Å². The normalized spacial score (nSPS) is 12.4. The summed E-state index contributed by atoms with van der Waals surface area (Å²) >= 11 is 3.46. The van der Waals surface area contributed by atoms with E-state index in [-0.39, 0.29) is 0 Å². The Hall–Kier alpha value is -1.39. The van der Waals surface area contributed by atoms with E-state index in [1.54, 1.807) is 6.20 Å². The number of nitrogen functional groups attached to an aromatic ring is 1. The maximum Gasteiger partial charge on any atom is 0.129 e. The lowest BCUT2D eigenvalue weighted by molar-refractivity contribution is 0.220. The molecule has 0 amide bonds. The van der Waals surface area contributed by atoms with Crippen LogP contribution >= 0.6 is 15.9 Å². The van der Waals surface area contributed by atoms with Gasteiger partial charge in [-0.1, -0.05) is 28.1 Å². The van der Waals surface area contributed by atoms with Gasteiger partial charge in [-0.3, -0.25) is 0 Å². The molecule has 0 saturated carbocycles. The van der Waals surface area contributed by atoms with Crippen LogP contribution in [0.25, 0.3) is 0 Å². The second kappa shape index (κ2) is 5.08. The van der Waals surface area contributed by atoms with Crippen molar-refractivity contribution in [3.63, 3.8) is 0 Å². The van der Waals surface area contributed by atoms with Crippen LogP contribution in [0.15, 0.2) is 34.9 Å². The Morgan fingerprint density at radius 1 is 1.28 bits per heavy atom. The Labute approximate surface area is 115 Å². The average molecular weight is 307 g/mol. The number of aliphatic hydroxyl groups excluding tert-OH is 1. The Balaban J connectivity index is 2.44. The second-order valence-electron chi connectivity index (χ2n) is 4.40. The van der Waals surface area contributed by atoms with E-state index in [9.17, 15) is 5.11 Å². The van der Waals surface area contributed by atoms with Crippen LogP contribution in [0.3, 0.4) is 0 Å². The van der Waals surface area contributed by atoms with E-state index in [1.807, 2.05) is 38.1 Å². The summed E-state index contributed by atoms with van der Waals surface area (Å²) in [5.74, 6) is 0.366. The van der Waals surface area contributed by atoms with Gasteiger partial charge in [0, 0.05) is 16.2 Å². The van der Waals surface area contributed by atoms with Crippen LogP contribution in [0.2, 0.25) is 0 Å². The summed E-state index contributed by atoms with van der Waals surface area (Å²) in [4.78, 5) is 4.07. The van der Waals surface area contributed by atoms with Crippen molar-refractivity contribution in [3.05, 3.63) is 57.2 Å². The molecule has 2 aromatic rings. The third kappa shape index (κ3) is 2.54. The van der Waals surface area contributed by atoms with E-state index in [1.165, 1.54) is 0 Å². The minimum atomic E-state index is -0.755. The molecule has 4 heteroatoms. The van der Waals surface area contributed by atoms with Crippen LogP contribution in [0, 0.1) is 13.8 Å². The first-order valence-electron chi connectivity index (χ1n) is 5.65. The van der Waals surface area contributed by atoms with Crippen molar-refractivity contribution >= 4 is 21.7 Å². The first-order chi connectivity index (χ1) is 8.49. The maximum atomic E-state index is 10.4. The molecule has 1 unspecified atom stereocenters. The van der Waals surface area contributed by atoms with Crippen molar-refractivity contribution in [1.82, 2.24) is 4.98 Å². The van der Waals surface area contributed by atoms with E-state index in [4.69, 9.17) is 5.73 Å². The molecule has 1 heterocycles. The molecule has 3 nitrogen and oxygen atoms in total. The highest BCUT2D eigenvalue weighted by Crippen LogP contribution is 2.29.